The summed E-state index contributed by atoms with van der Waals surface area (Å²) in [6.07, 6.45) is 21.6. The molecule has 0 unspecified atom stereocenters. The summed E-state index contributed by atoms with van der Waals surface area (Å²) in [4.78, 5) is 53.3. The normalized spacial score (nSPS) is 15.9. The minimum atomic E-state index is -0.484. The Hall–Kier alpha value is -8.12. The summed E-state index contributed by atoms with van der Waals surface area (Å²) in [6, 6.07) is 18.6. The van der Waals surface area contributed by atoms with Crippen molar-refractivity contribution in [1.29, 1.82) is 0 Å². The largest absolute Gasteiger partial charge is 0.504 e. The van der Waals surface area contributed by atoms with E-state index >= 15 is 0 Å². The van der Waals surface area contributed by atoms with E-state index in [1.54, 1.807) is 60.7 Å². The fourth-order valence-corrected chi connectivity index (χ4v) is 9.07. The van der Waals surface area contributed by atoms with E-state index in [1.165, 1.54) is 100 Å². The van der Waals surface area contributed by atoms with Crippen LogP contribution in [0.15, 0.2) is 143 Å². The van der Waals surface area contributed by atoms with Crippen LogP contribution in [0.1, 0.15) is 102 Å². The highest BCUT2D eigenvalue weighted by molar-refractivity contribution is 6.31. The number of hydrogen-bond acceptors (Lipinski definition) is 12. The third-order valence-electron chi connectivity index (χ3n) is 13.2. The minimum Gasteiger partial charge on any atom is -0.504 e. The van der Waals surface area contributed by atoms with Crippen molar-refractivity contribution in [3.8, 4) is 46.0 Å². The molecule has 4 aromatic carbocycles. The van der Waals surface area contributed by atoms with Gasteiger partial charge in [0.25, 0.3) is 0 Å². The lowest BCUT2D eigenvalue weighted by atomic mass is 9.72. The van der Waals surface area contributed by atoms with Gasteiger partial charge in [-0.2, -0.15) is 0 Å². The van der Waals surface area contributed by atoms with Crippen molar-refractivity contribution in [1.82, 2.24) is 0 Å². The summed E-state index contributed by atoms with van der Waals surface area (Å²) < 4.78 is 20.6. The molecule has 2 aliphatic rings. The fraction of sp³-hybridized carbons (Fsp3) is 0.290. The molecular formula is C62H68O12. The molecule has 0 fully saturated rings. The second-order valence-electron chi connectivity index (χ2n) is 19.5. The molecule has 6 rings (SSSR count). The molecule has 4 aromatic rings. The van der Waals surface area contributed by atoms with Crippen molar-refractivity contribution in [2.24, 2.45) is 10.8 Å². The minimum absolute atomic E-state index is 0.0108. The van der Waals surface area contributed by atoms with E-state index in [0.717, 1.165) is 49.7 Å². The molecule has 0 heterocycles. The SMILES string of the molecule is COc1cc(/C=C(\C(=O)/C=C/C2=C(C)CCCC2(C)C)C(=O)/C=C/c2ccc(O)c(OC)c2)ccc1O.COc1cc(/C=C/C(=O)/C(=C\c2ccc(O)c(OC)c2)C(=O)/C=C/C2=C(C)CCCC2(C)C)ccc1O. The average Bonchev–Trinajstić information content (AvgIpc) is 3.36. The van der Waals surface area contributed by atoms with Crippen LogP contribution in [0.2, 0.25) is 0 Å². The van der Waals surface area contributed by atoms with Crippen molar-refractivity contribution >= 4 is 47.4 Å². The quantitative estimate of drug-likeness (QED) is 0.0420. The number of rotatable bonds is 18. The molecule has 4 N–H and O–H groups in total. The lowest BCUT2D eigenvalue weighted by Crippen LogP contribution is -2.19. The van der Waals surface area contributed by atoms with Crippen LogP contribution < -0.4 is 18.9 Å². The summed E-state index contributed by atoms with van der Waals surface area (Å²) in [7, 11) is 5.74. The molecule has 0 amide bonds. The van der Waals surface area contributed by atoms with Gasteiger partial charge in [0.15, 0.2) is 69.1 Å². The molecule has 0 aliphatic heterocycles. The number of methoxy groups -OCH3 is 4. The van der Waals surface area contributed by atoms with Crippen LogP contribution in [0.3, 0.4) is 0 Å². The van der Waals surface area contributed by atoms with Crippen molar-refractivity contribution < 1.29 is 58.6 Å². The van der Waals surface area contributed by atoms with Gasteiger partial charge in [-0.1, -0.05) is 87.4 Å². The first kappa shape index (κ1) is 56.8. The number of carbonyl (C=O) groups is 4. The Bertz CT molecular complexity index is 2820. The zero-order chi connectivity index (χ0) is 54.3. The number of ketones is 4. The zero-order valence-electron chi connectivity index (χ0n) is 44.0. The van der Waals surface area contributed by atoms with Crippen LogP contribution in [0.5, 0.6) is 46.0 Å². The fourth-order valence-electron chi connectivity index (χ4n) is 9.07. The maximum absolute atomic E-state index is 13.4. The van der Waals surface area contributed by atoms with Gasteiger partial charge in [-0.3, -0.25) is 19.2 Å². The smallest absolute Gasteiger partial charge is 0.189 e. The third kappa shape index (κ3) is 15.0. The Kier molecular flexibility index (Phi) is 19.6. The Morgan fingerprint density at radius 3 is 0.986 bits per heavy atom. The number of allylic oxidation sites excluding steroid dienone is 12. The molecule has 388 valence electrons. The Morgan fingerprint density at radius 2 is 0.703 bits per heavy atom. The van der Waals surface area contributed by atoms with Gasteiger partial charge in [0, 0.05) is 0 Å². The van der Waals surface area contributed by atoms with Crippen LogP contribution in [-0.4, -0.2) is 72.0 Å². The highest BCUT2D eigenvalue weighted by Gasteiger charge is 2.28. The van der Waals surface area contributed by atoms with Crippen molar-refractivity contribution in [3.05, 3.63) is 165 Å². The first-order valence-corrected chi connectivity index (χ1v) is 24.3. The standard InChI is InChI=1S/2C31H34O6/c2*1-20-7-6-16-31(2,3)24(20)11-15-26(33)23(17-22-10-14-28(35)30(19-22)37-5)25(32)12-8-21-9-13-27(34)29(18-21)36-4/h2*8-15,17-19,34-35H,6-7,16H2,1-5H3/b12-8+,15-11+,23-17+;12-8+,15-11+,23-17-. The Balaban J connectivity index is 0.000000274. The average molecular weight is 1010 g/mol. The molecule has 0 aromatic heterocycles. The molecule has 2 aliphatic carbocycles. The number of phenolic OH excluding ortho intramolecular Hbond substituents is 4. The second kappa shape index (κ2) is 25.5. The highest BCUT2D eigenvalue weighted by atomic mass is 16.5. The molecule has 0 bridgehead atoms. The number of phenols is 4. The van der Waals surface area contributed by atoms with E-state index in [2.05, 4.69) is 41.5 Å². The van der Waals surface area contributed by atoms with Gasteiger partial charge in [0.1, 0.15) is 0 Å². The number of aromatic hydroxyl groups is 4. The maximum atomic E-state index is 13.4. The van der Waals surface area contributed by atoms with E-state index in [-0.39, 0.29) is 68.0 Å². The topological polar surface area (TPSA) is 186 Å². The Labute approximate surface area is 434 Å². The molecule has 0 atom stereocenters. The third-order valence-corrected chi connectivity index (χ3v) is 13.2. The summed E-state index contributed by atoms with van der Waals surface area (Å²) in [5.41, 5.74) is 6.92. The first-order chi connectivity index (χ1) is 35.1. The second-order valence-corrected chi connectivity index (χ2v) is 19.5. The summed E-state index contributed by atoms with van der Waals surface area (Å²) >= 11 is 0. The van der Waals surface area contributed by atoms with Gasteiger partial charge >= 0.3 is 0 Å². The summed E-state index contributed by atoms with van der Waals surface area (Å²) in [6.45, 7) is 12.8. The Morgan fingerprint density at radius 1 is 0.432 bits per heavy atom. The van der Waals surface area contributed by atoms with Gasteiger partial charge in [-0.25, -0.2) is 0 Å². The van der Waals surface area contributed by atoms with Gasteiger partial charge in [0.2, 0.25) is 0 Å². The van der Waals surface area contributed by atoms with Crippen LogP contribution >= 0.6 is 0 Å². The lowest BCUT2D eigenvalue weighted by Gasteiger charge is -2.32. The lowest BCUT2D eigenvalue weighted by molar-refractivity contribution is -0.118. The molecule has 12 nitrogen and oxygen atoms in total. The van der Waals surface area contributed by atoms with Crippen LogP contribution in [-0.2, 0) is 19.2 Å². The van der Waals surface area contributed by atoms with Crippen LogP contribution in [0.25, 0.3) is 24.3 Å². The first-order valence-electron chi connectivity index (χ1n) is 24.3. The molecule has 0 radical (unpaired) electrons. The van der Waals surface area contributed by atoms with E-state index in [1.807, 2.05) is 12.2 Å². The molecular weight excluding hydrogens is 937 g/mol. The van der Waals surface area contributed by atoms with Crippen molar-refractivity contribution in [2.45, 2.75) is 80.1 Å². The predicted molar refractivity (Wildman–Crippen MR) is 292 cm³/mol. The number of benzene rings is 4. The number of ether oxygens (including phenoxy) is 4. The monoisotopic (exact) mass is 1000 g/mol. The predicted octanol–water partition coefficient (Wildman–Crippen LogP) is 12.9. The number of hydrogen-bond donors (Lipinski definition) is 4. The zero-order valence-corrected chi connectivity index (χ0v) is 44.0. The van der Waals surface area contributed by atoms with Crippen LogP contribution in [0.4, 0.5) is 0 Å². The van der Waals surface area contributed by atoms with E-state index in [9.17, 15) is 39.6 Å². The van der Waals surface area contributed by atoms with E-state index in [0.29, 0.717) is 22.3 Å². The molecule has 0 saturated heterocycles. The maximum Gasteiger partial charge on any atom is 0.189 e. The summed E-state index contributed by atoms with van der Waals surface area (Å²) in [5.74, 6) is -0.892. The van der Waals surface area contributed by atoms with Gasteiger partial charge in [-0.15, -0.1) is 0 Å². The molecule has 0 saturated carbocycles. The molecule has 74 heavy (non-hydrogen) atoms. The summed E-state index contributed by atoms with van der Waals surface area (Å²) in [5, 5.41) is 39.5. The van der Waals surface area contributed by atoms with Crippen molar-refractivity contribution in [2.75, 3.05) is 28.4 Å². The number of carbonyl (C=O) groups excluding carboxylic acids is 4. The highest BCUT2D eigenvalue weighted by Crippen LogP contribution is 2.42. The van der Waals surface area contributed by atoms with Gasteiger partial charge < -0.3 is 39.4 Å². The van der Waals surface area contributed by atoms with Crippen LogP contribution in [0, 0.1) is 10.8 Å². The van der Waals surface area contributed by atoms with E-state index in [4.69, 9.17) is 18.9 Å². The van der Waals surface area contributed by atoms with Crippen molar-refractivity contribution in [3.63, 3.8) is 0 Å². The molecule has 0 spiro atoms. The molecule has 12 heteroatoms. The van der Waals surface area contributed by atoms with Gasteiger partial charge in [-0.05, 0) is 182 Å². The van der Waals surface area contributed by atoms with E-state index < -0.39 is 23.1 Å². The van der Waals surface area contributed by atoms with Gasteiger partial charge in [0.05, 0.1) is 39.6 Å².